The Morgan fingerprint density at radius 3 is 2.30 bits per heavy atom. The summed E-state index contributed by atoms with van der Waals surface area (Å²) in [6.07, 6.45) is 0. The lowest BCUT2D eigenvalue weighted by molar-refractivity contribution is 0.236. The van der Waals surface area contributed by atoms with Crippen LogP contribution in [0.5, 0.6) is 11.5 Å². The fraction of sp³-hybridized carbons (Fsp3) is 0.235. The zero-order valence-electron chi connectivity index (χ0n) is 12.8. The summed E-state index contributed by atoms with van der Waals surface area (Å²) in [5.41, 5.74) is 0.985. The van der Waals surface area contributed by atoms with E-state index in [1.165, 1.54) is 0 Å². The molecule has 0 bridgehead atoms. The van der Waals surface area contributed by atoms with Crippen molar-refractivity contribution in [3.63, 3.8) is 0 Å². The van der Waals surface area contributed by atoms with E-state index in [-0.39, 0.29) is 6.03 Å². The summed E-state index contributed by atoms with van der Waals surface area (Å²) < 4.78 is 10.6. The second kappa shape index (κ2) is 8.90. The van der Waals surface area contributed by atoms with Crippen molar-refractivity contribution in [2.24, 2.45) is 0 Å². The second-order valence-corrected chi connectivity index (χ2v) is 5.20. The van der Waals surface area contributed by atoms with Crippen LogP contribution < -0.4 is 20.1 Å². The van der Waals surface area contributed by atoms with Gasteiger partial charge in [0, 0.05) is 11.6 Å². The third-order valence-electron chi connectivity index (χ3n) is 3.08. The van der Waals surface area contributed by atoms with E-state index in [1.807, 2.05) is 36.4 Å². The summed E-state index contributed by atoms with van der Waals surface area (Å²) in [5, 5.41) is 6.17. The van der Waals surface area contributed by atoms with Crippen molar-refractivity contribution in [3.8, 4) is 11.5 Å². The van der Waals surface area contributed by atoms with Gasteiger partial charge in [-0.1, -0.05) is 23.7 Å². The third kappa shape index (κ3) is 6.08. The van der Waals surface area contributed by atoms with Crippen LogP contribution in [0.25, 0.3) is 0 Å². The number of urea groups is 1. The van der Waals surface area contributed by atoms with Crippen molar-refractivity contribution in [3.05, 3.63) is 59.1 Å². The van der Waals surface area contributed by atoms with Gasteiger partial charge in [0.2, 0.25) is 0 Å². The number of rotatable bonds is 7. The molecule has 6 heteroatoms. The first kappa shape index (κ1) is 17.0. The Morgan fingerprint density at radius 1 is 1.00 bits per heavy atom. The minimum Gasteiger partial charge on any atom is -0.497 e. The molecule has 0 saturated carbocycles. The molecule has 23 heavy (non-hydrogen) atoms. The third-order valence-corrected chi connectivity index (χ3v) is 3.33. The first-order chi connectivity index (χ1) is 11.2. The van der Waals surface area contributed by atoms with Crippen LogP contribution in [0.2, 0.25) is 5.02 Å². The van der Waals surface area contributed by atoms with Crippen LogP contribution in [0, 0.1) is 0 Å². The Kier molecular flexibility index (Phi) is 6.56. The topological polar surface area (TPSA) is 59.6 Å². The molecule has 0 aliphatic carbocycles. The maximum Gasteiger partial charge on any atom is 0.315 e. The average Bonchev–Trinajstić information content (AvgIpc) is 2.59. The van der Waals surface area contributed by atoms with Gasteiger partial charge >= 0.3 is 6.03 Å². The highest BCUT2D eigenvalue weighted by atomic mass is 35.5. The lowest BCUT2D eigenvalue weighted by Crippen LogP contribution is -2.37. The lowest BCUT2D eigenvalue weighted by atomic mass is 10.2. The fourth-order valence-corrected chi connectivity index (χ4v) is 1.98. The predicted molar refractivity (Wildman–Crippen MR) is 90.2 cm³/mol. The van der Waals surface area contributed by atoms with E-state index in [4.69, 9.17) is 21.1 Å². The quantitative estimate of drug-likeness (QED) is 0.764. The Hall–Kier alpha value is -2.40. The second-order valence-electron chi connectivity index (χ2n) is 4.76. The molecule has 0 spiro atoms. The normalized spacial score (nSPS) is 10.0. The van der Waals surface area contributed by atoms with Gasteiger partial charge in [0.15, 0.2) is 0 Å². The molecule has 0 heterocycles. The molecule has 2 N–H and O–H groups in total. The average molecular weight is 335 g/mol. The molecule has 0 fully saturated rings. The van der Waals surface area contributed by atoms with Crippen LogP contribution in [-0.4, -0.2) is 26.3 Å². The number of nitrogens with one attached hydrogen (secondary N) is 2. The van der Waals surface area contributed by atoms with Crippen molar-refractivity contribution in [2.75, 3.05) is 20.3 Å². The van der Waals surface area contributed by atoms with E-state index in [9.17, 15) is 4.79 Å². The highest BCUT2D eigenvalue weighted by Gasteiger charge is 2.01. The van der Waals surface area contributed by atoms with Crippen LogP contribution in [0.3, 0.4) is 0 Å². The van der Waals surface area contributed by atoms with Crippen LogP contribution in [-0.2, 0) is 6.54 Å². The smallest absolute Gasteiger partial charge is 0.315 e. The highest BCUT2D eigenvalue weighted by molar-refractivity contribution is 6.30. The van der Waals surface area contributed by atoms with Gasteiger partial charge in [-0.2, -0.15) is 0 Å². The van der Waals surface area contributed by atoms with E-state index >= 15 is 0 Å². The van der Waals surface area contributed by atoms with Gasteiger partial charge in [-0.3, -0.25) is 0 Å². The van der Waals surface area contributed by atoms with E-state index in [0.29, 0.717) is 24.7 Å². The molecule has 2 aromatic rings. The lowest BCUT2D eigenvalue weighted by Gasteiger charge is -2.09. The Balaban J connectivity index is 1.61. The van der Waals surface area contributed by atoms with E-state index < -0.39 is 0 Å². The van der Waals surface area contributed by atoms with E-state index in [2.05, 4.69) is 10.6 Å². The van der Waals surface area contributed by atoms with Gasteiger partial charge < -0.3 is 20.1 Å². The number of methoxy groups -OCH3 is 1. The monoisotopic (exact) mass is 334 g/mol. The summed E-state index contributed by atoms with van der Waals surface area (Å²) in [7, 11) is 1.61. The summed E-state index contributed by atoms with van der Waals surface area (Å²) in [5.74, 6) is 1.51. The molecule has 0 aromatic heterocycles. The maximum absolute atomic E-state index is 11.7. The van der Waals surface area contributed by atoms with Gasteiger partial charge in [-0.05, 0) is 42.0 Å². The molecule has 2 amide bonds. The Bertz CT molecular complexity index is 615. The van der Waals surface area contributed by atoms with Crippen LogP contribution in [0.15, 0.2) is 48.5 Å². The number of amides is 2. The summed E-state index contributed by atoms with van der Waals surface area (Å²) in [6.45, 7) is 1.25. The molecule has 2 rings (SSSR count). The first-order valence-electron chi connectivity index (χ1n) is 7.20. The Labute approximate surface area is 140 Å². The van der Waals surface area contributed by atoms with Crippen molar-refractivity contribution in [2.45, 2.75) is 6.54 Å². The predicted octanol–water partition coefficient (Wildman–Crippen LogP) is 3.23. The molecular formula is C17H19ClN2O3. The molecule has 0 radical (unpaired) electrons. The molecule has 0 aliphatic rings. The molecular weight excluding hydrogens is 316 g/mol. The van der Waals surface area contributed by atoms with Crippen LogP contribution in [0.4, 0.5) is 4.79 Å². The number of carbonyl (C=O) groups is 1. The van der Waals surface area contributed by atoms with Crippen molar-refractivity contribution >= 4 is 17.6 Å². The molecule has 0 aliphatic heterocycles. The minimum absolute atomic E-state index is 0.238. The first-order valence-corrected chi connectivity index (χ1v) is 7.58. The van der Waals surface area contributed by atoms with Gasteiger partial charge in [0.05, 0.1) is 13.7 Å². The minimum atomic E-state index is -0.238. The van der Waals surface area contributed by atoms with Crippen LogP contribution in [0.1, 0.15) is 5.56 Å². The SMILES string of the molecule is COc1ccc(OCCNC(=O)NCc2ccc(Cl)cc2)cc1. The van der Waals surface area contributed by atoms with Gasteiger partial charge in [0.25, 0.3) is 0 Å². The van der Waals surface area contributed by atoms with E-state index in [1.54, 1.807) is 19.2 Å². The number of hydrogen-bond donors (Lipinski definition) is 2. The molecule has 2 aromatic carbocycles. The summed E-state index contributed by atoms with van der Waals surface area (Å²) in [4.78, 5) is 11.7. The molecule has 0 saturated heterocycles. The van der Waals surface area contributed by atoms with Crippen molar-refractivity contribution in [1.29, 1.82) is 0 Å². The molecule has 0 unspecified atom stereocenters. The van der Waals surface area contributed by atoms with Gasteiger partial charge in [-0.25, -0.2) is 4.79 Å². The fourth-order valence-electron chi connectivity index (χ4n) is 1.85. The standard InChI is InChI=1S/C17H19ClN2O3/c1-22-15-6-8-16(9-7-15)23-11-10-19-17(21)20-12-13-2-4-14(18)5-3-13/h2-9H,10-12H2,1H3,(H2,19,20,21). The maximum atomic E-state index is 11.7. The number of halogens is 1. The molecule has 0 atom stereocenters. The van der Waals surface area contributed by atoms with Gasteiger partial charge in [0.1, 0.15) is 18.1 Å². The van der Waals surface area contributed by atoms with Crippen LogP contribution >= 0.6 is 11.6 Å². The van der Waals surface area contributed by atoms with E-state index in [0.717, 1.165) is 17.1 Å². The zero-order chi connectivity index (χ0) is 16.5. The van der Waals surface area contributed by atoms with Crippen molar-refractivity contribution in [1.82, 2.24) is 10.6 Å². The zero-order valence-corrected chi connectivity index (χ0v) is 13.6. The largest absolute Gasteiger partial charge is 0.497 e. The number of benzene rings is 2. The summed E-state index contributed by atoms with van der Waals surface area (Å²) >= 11 is 5.81. The number of ether oxygens (including phenoxy) is 2. The number of carbonyl (C=O) groups excluding carboxylic acids is 1. The Morgan fingerprint density at radius 2 is 1.65 bits per heavy atom. The molecule has 5 nitrogen and oxygen atoms in total. The highest BCUT2D eigenvalue weighted by Crippen LogP contribution is 2.16. The summed E-state index contributed by atoms with van der Waals surface area (Å²) in [6, 6.07) is 14.4. The van der Waals surface area contributed by atoms with Gasteiger partial charge in [-0.15, -0.1) is 0 Å². The number of hydrogen-bond acceptors (Lipinski definition) is 3. The van der Waals surface area contributed by atoms with Crippen molar-refractivity contribution < 1.29 is 14.3 Å². The molecule has 122 valence electrons.